The van der Waals surface area contributed by atoms with Crippen molar-refractivity contribution in [1.82, 2.24) is 4.98 Å². The van der Waals surface area contributed by atoms with Crippen LogP contribution in [0.25, 0.3) is 44.3 Å². The van der Waals surface area contributed by atoms with E-state index in [1.54, 1.807) is 0 Å². The first-order chi connectivity index (χ1) is 18.8. The summed E-state index contributed by atoms with van der Waals surface area (Å²) in [4.78, 5) is 7.34. The first-order valence-electron chi connectivity index (χ1n) is 12.7. The predicted octanol–water partition coefficient (Wildman–Crippen LogP) is 9.78. The number of nitrogens with zero attached hydrogens (tertiary/aromatic N) is 2. The van der Waals surface area contributed by atoms with Crippen LogP contribution in [-0.2, 0) is 0 Å². The molecule has 0 saturated heterocycles. The van der Waals surface area contributed by atoms with E-state index in [2.05, 4.69) is 108 Å². The lowest BCUT2D eigenvalue weighted by molar-refractivity contribution is 0.668. The summed E-state index contributed by atoms with van der Waals surface area (Å²) in [6, 6.07) is 50.3. The van der Waals surface area contributed by atoms with Crippen molar-refractivity contribution in [3.8, 4) is 22.3 Å². The largest absolute Gasteiger partial charge is 0.454 e. The number of fused-ring (bicyclic) bond motifs is 3. The van der Waals surface area contributed by atoms with E-state index in [0.29, 0.717) is 0 Å². The zero-order valence-corrected chi connectivity index (χ0v) is 20.7. The second-order valence-corrected chi connectivity index (χ2v) is 9.28. The topological polar surface area (TPSA) is 29.3 Å². The second kappa shape index (κ2) is 9.38. The van der Waals surface area contributed by atoms with E-state index in [1.165, 1.54) is 16.7 Å². The summed E-state index contributed by atoms with van der Waals surface area (Å²) in [6.07, 6.45) is 0. The van der Waals surface area contributed by atoms with E-state index < -0.39 is 0 Å². The van der Waals surface area contributed by atoms with E-state index in [1.807, 2.05) is 42.5 Å². The minimum atomic E-state index is 0.785. The molecule has 5 aromatic carbocycles. The molecule has 2 aromatic heterocycles. The molecule has 0 aliphatic carbocycles. The SMILES string of the molecule is c1ccc(-c2ccc(N(c3cccc(-c4ccccc4)c3)c3ccc4oc5ccccc5c4n3)cc2)cc1. The van der Waals surface area contributed by atoms with Crippen molar-refractivity contribution in [2.45, 2.75) is 0 Å². The van der Waals surface area contributed by atoms with Crippen molar-refractivity contribution in [3.63, 3.8) is 0 Å². The number of aromatic nitrogens is 1. The van der Waals surface area contributed by atoms with Gasteiger partial charge in [0.2, 0.25) is 0 Å². The molecule has 2 heterocycles. The molecule has 0 unspecified atom stereocenters. The number of pyridine rings is 1. The summed E-state index contributed by atoms with van der Waals surface area (Å²) < 4.78 is 6.06. The highest BCUT2D eigenvalue weighted by molar-refractivity contribution is 6.03. The molecule has 0 saturated carbocycles. The van der Waals surface area contributed by atoms with Gasteiger partial charge in [-0.2, -0.15) is 0 Å². The summed E-state index contributed by atoms with van der Waals surface area (Å²) in [6.45, 7) is 0. The van der Waals surface area contributed by atoms with Crippen LogP contribution < -0.4 is 4.90 Å². The molecule has 7 aromatic rings. The fourth-order valence-electron chi connectivity index (χ4n) is 5.01. The third kappa shape index (κ3) is 4.00. The maximum atomic E-state index is 6.06. The summed E-state index contributed by atoms with van der Waals surface area (Å²) in [7, 11) is 0. The third-order valence-electron chi connectivity index (χ3n) is 6.88. The van der Waals surface area contributed by atoms with E-state index in [0.717, 1.165) is 44.8 Å². The van der Waals surface area contributed by atoms with Gasteiger partial charge in [0.15, 0.2) is 5.58 Å². The van der Waals surface area contributed by atoms with Gasteiger partial charge in [0.05, 0.1) is 0 Å². The average Bonchev–Trinajstić information content (AvgIpc) is 3.37. The van der Waals surface area contributed by atoms with Crippen LogP contribution in [0.4, 0.5) is 17.2 Å². The Morgan fingerprint density at radius 1 is 0.447 bits per heavy atom. The molecule has 38 heavy (non-hydrogen) atoms. The minimum Gasteiger partial charge on any atom is -0.454 e. The monoisotopic (exact) mass is 488 g/mol. The van der Waals surface area contributed by atoms with Crippen molar-refractivity contribution in [3.05, 3.63) is 146 Å². The number of furan rings is 1. The Bertz CT molecular complexity index is 1860. The van der Waals surface area contributed by atoms with Crippen LogP contribution in [0.3, 0.4) is 0 Å². The van der Waals surface area contributed by atoms with Gasteiger partial charge in [-0.25, -0.2) is 4.98 Å². The molecule has 3 heteroatoms. The Morgan fingerprint density at radius 2 is 1.08 bits per heavy atom. The van der Waals surface area contributed by atoms with Gasteiger partial charge in [-0.05, 0) is 70.8 Å². The Morgan fingerprint density at radius 3 is 1.84 bits per heavy atom. The van der Waals surface area contributed by atoms with Crippen LogP contribution >= 0.6 is 0 Å². The molecule has 3 nitrogen and oxygen atoms in total. The zero-order valence-electron chi connectivity index (χ0n) is 20.7. The number of hydrogen-bond acceptors (Lipinski definition) is 3. The van der Waals surface area contributed by atoms with Gasteiger partial charge in [0, 0.05) is 16.8 Å². The molecule has 0 N–H and O–H groups in total. The van der Waals surface area contributed by atoms with Crippen LogP contribution in [0.2, 0.25) is 0 Å². The zero-order chi connectivity index (χ0) is 25.3. The number of rotatable bonds is 5. The highest BCUT2D eigenvalue weighted by Crippen LogP contribution is 2.38. The van der Waals surface area contributed by atoms with Gasteiger partial charge in [-0.3, -0.25) is 4.90 Å². The Labute approximate surface area is 221 Å². The van der Waals surface area contributed by atoms with E-state index in [-0.39, 0.29) is 0 Å². The fourth-order valence-corrected chi connectivity index (χ4v) is 5.01. The van der Waals surface area contributed by atoms with Crippen LogP contribution in [0.1, 0.15) is 0 Å². The fraction of sp³-hybridized carbons (Fsp3) is 0. The maximum Gasteiger partial charge on any atom is 0.154 e. The molecule has 0 aliphatic rings. The van der Waals surface area contributed by atoms with Crippen molar-refractivity contribution >= 4 is 39.3 Å². The minimum absolute atomic E-state index is 0.785. The van der Waals surface area contributed by atoms with E-state index in [4.69, 9.17) is 9.40 Å². The second-order valence-electron chi connectivity index (χ2n) is 9.28. The summed E-state index contributed by atoms with van der Waals surface area (Å²) in [5.74, 6) is 0.835. The number of anilines is 3. The number of para-hydroxylation sites is 1. The average molecular weight is 489 g/mol. The van der Waals surface area contributed by atoms with Gasteiger partial charge in [-0.1, -0.05) is 97.1 Å². The summed E-state index contributed by atoms with van der Waals surface area (Å²) in [5, 5.41) is 1.02. The molecule has 0 radical (unpaired) electrons. The predicted molar refractivity (Wildman–Crippen MR) is 157 cm³/mol. The lowest BCUT2D eigenvalue weighted by Crippen LogP contribution is -2.11. The number of benzene rings is 5. The molecular weight excluding hydrogens is 464 g/mol. The molecule has 0 aliphatic heterocycles. The van der Waals surface area contributed by atoms with Crippen molar-refractivity contribution in [2.75, 3.05) is 4.90 Å². The van der Waals surface area contributed by atoms with E-state index in [9.17, 15) is 0 Å². The highest BCUT2D eigenvalue weighted by Gasteiger charge is 2.17. The Hall–Kier alpha value is -5.15. The van der Waals surface area contributed by atoms with Crippen molar-refractivity contribution in [1.29, 1.82) is 0 Å². The molecule has 0 atom stereocenters. The molecule has 0 amide bonds. The molecule has 0 fully saturated rings. The lowest BCUT2D eigenvalue weighted by Gasteiger charge is -2.25. The van der Waals surface area contributed by atoms with Gasteiger partial charge < -0.3 is 4.42 Å². The van der Waals surface area contributed by atoms with Crippen LogP contribution in [-0.4, -0.2) is 4.98 Å². The highest BCUT2D eigenvalue weighted by atomic mass is 16.3. The third-order valence-corrected chi connectivity index (χ3v) is 6.88. The Kier molecular flexibility index (Phi) is 5.45. The first-order valence-corrected chi connectivity index (χ1v) is 12.7. The first kappa shape index (κ1) is 22.1. The quantitative estimate of drug-likeness (QED) is 0.241. The van der Waals surface area contributed by atoms with Crippen LogP contribution in [0, 0.1) is 0 Å². The molecule has 7 rings (SSSR count). The smallest absolute Gasteiger partial charge is 0.154 e. The lowest BCUT2D eigenvalue weighted by atomic mass is 10.0. The van der Waals surface area contributed by atoms with Gasteiger partial charge in [0.25, 0.3) is 0 Å². The maximum absolute atomic E-state index is 6.06. The van der Waals surface area contributed by atoms with E-state index >= 15 is 0 Å². The molecule has 180 valence electrons. The summed E-state index contributed by atoms with van der Waals surface area (Å²) >= 11 is 0. The molecule has 0 bridgehead atoms. The van der Waals surface area contributed by atoms with Gasteiger partial charge >= 0.3 is 0 Å². The van der Waals surface area contributed by atoms with Gasteiger partial charge in [-0.15, -0.1) is 0 Å². The van der Waals surface area contributed by atoms with Crippen LogP contribution in [0.15, 0.2) is 150 Å². The number of hydrogen-bond donors (Lipinski definition) is 0. The Balaban J connectivity index is 1.39. The standard InChI is InChI=1S/C35H24N2O/c1-3-10-25(11-4-1)27-18-20-29(21-19-27)37(30-15-9-14-28(24-30)26-12-5-2-6-13-26)34-23-22-33-35(36-34)31-16-7-8-17-32(31)38-33/h1-24H. The normalized spacial score (nSPS) is 11.2. The molecule has 0 spiro atoms. The summed E-state index contributed by atoms with van der Waals surface area (Å²) in [5.41, 5.74) is 9.28. The van der Waals surface area contributed by atoms with Crippen molar-refractivity contribution < 1.29 is 4.42 Å². The van der Waals surface area contributed by atoms with Crippen molar-refractivity contribution in [2.24, 2.45) is 0 Å². The van der Waals surface area contributed by atoms with Gasteiger partial charge in [0.1, 0.15) is 16.9 Å². The van der Waals surface area contributed by atoms with Crippen LogP contribution in [0.5, 0.6) is 0 Å². The molecular formula is C35H24N2O.